The van der Waals surface area contributed by atoms with Gasteiger partial charge < -0.3 is 9.13 Å². The van der Waals surface area contributed by atoms with Gasteiger partial charge in [0.1, 0.15) is 0 Å². The molecule has 6 aliphatic rings. The predicted molar refractivity (Wildman–Crippen MR) is 476 cm³/mol. The maximum Gasteiger partial charge on any atom is 0.329 e. The molecule has 0 atom stereocenters. The van der Waals surface area contributed by atoms with Gasteiger partial charge in [-0.2, -0.15) is 90.4 Å². The fourth-order valence-electron chi connectivity index (χ4n) is 17.2. The van der Waals surface area contributed by atoms with Gasteiger partial charge in [-0.15, -0.1) is 124 Å². The molecule has 6 aliphatic carbocycles. The molecule has 0 N–H and O–H groups in total. The molecule has 0 amide bonds. The van der Waals surface area contributed by atoms with E-state index in [1.165, 1.54) is 44.0 Å². The van der Waals surface area contributed by atoms with Crippen LogP contribution in [0.4, 0.5) is 30.7 Å². The zero-order valence-corrected chi connectivity index (χ0v) is 94.5. The number of halogens is 13. The van der Waals surface area contributed by atoms with Gasteiger partial charge >= 0.3 is 47.2 Å². The van der Waals surface area contributed by atoms with Crippen molar-refractivity contribution in [1.29, 1.82) is 0 Å². The first-order valence-corrected chi connectivity index (χ1v) is 43.9. The number of alkyl halides is 4. The normalized spacial score (nSPS) is 13.4. The Labute approximate surface area is 882 Å². The average Bonchev–Trinajstić information content (AvgIpc) is 0.743. The molecule has 6 aromatic heterocycles. The first kappa shape index (κ1) is 115. The van der Waals surface area contributed by atoms with Gasteiger partial charge in [0, 0.05) is 239 Å². The monoisotopic (exact) mass is 2990 g/mol. The number of aromatic nitrogens is 12. The summed E-state index contributed by atoms with van der Waals surface area (Å²) in [5.74, 6) is -2.38. The molecule has 43 heteroatoms. The van der Waals surface area contributed by atoms with Gasteiger partial charge in [-0.05, 0) is 185 Å². The molecule has 0 aliphatic heterocycles. The summed E-state index contributed by atoms with van der Waals surface area (Å²) < 4.78 is 108. The van der Waals surface area contributed by atoms with Crippen molar-refractivity contribution in [3.8, 4) is 34.1 Å². The van der Waals surface area contributed by atoms with Gasteiger partial charge in [0.2, 0.25) is 0 Å². The van der Waals surface area contributed by atoms with Gasteiger partial charge in [-0.25, -0.2) is 51.1 Å². The largest absolute Gasteiger partial charge is 0.329 e. The minimum absolute atomic E-state index is 0. The first-order chi connectivity index (χ1) is 61.7. The van der Waals surface area contributed by atoms with E-state index in [2.05, 4.69) is 36.4 Å². The fourth-order valence-corrected chi connectivity index (χ4v) is 18.0. The molecule has 6 aromatic carbocycles. The molecule has 0 bridgehead atoms. The number of fused-ring (bicyclic) bond motifs is 6. The average molecular weight is 3000 g/mol. The maximum atomic E-state index is 14.2. The molecule has 12 aromatic rings. The van der Waals surface area contributed by atoms with Crippen molar-refractivity contribution in [3.05, 3.63) is 368 Å². The van der Waals surface area contributed by atoms with E-state index >= 15 is 0 Å². The Bertz CT molecular complexity index is 7130. The summed E-state index contributed by atoms with van der Waals surface area (Å²) in [6.07, 6.45) is 17.4. The first-order valence-electron chi connectivity index (χ1n) is 41.6. The van der Waals surface area contributed by atoms with E-state index in [9.17, 15) is 88.3 Å². The van der Waals surface area contributed by atoms with Crippen molar-refractivity contribution in [2.75, 3.05) is 0 Å². The van der Waals surface area contributed by atoms with Crippen LogP contribution in [0.25, 0.3) is 34.1 Å². The van der Waals surface area contributed by atoms with E-state index in [1.807, 2.05) is 13.8 Å². The van der Waals surface area contributed by atoms with Crippen molar-refractivity contribution in [3.63, 3.8) is 0 Å². The quantitative estimate of drug-likeness (QED) is 0.0914. The van der Waals surface area contributed by atoms with E-state index in [1.54, 1.807) is 64.2 Å². The van der Waals surface area contributed by atoms with E-state index in [4.69, 9.17) is 69.6 Å². The Morgan fingerprint density at radius 3 is 0.778 bits per heavy atom. The molecule has 0 fully saturated rings. The van der Waals surface area contributed by atoms with Crippen LogP contribution in [0.1, 0.15) is 172 Å². The molecule has 0 unspecified atom stereocenters. The Balaban J connectivity index is 0.000000219. The van der Waals surface area contributed by atoms with Crippen LogP contribution < -0.4 is 67.5 Å². The smallest absolute Gasteiger partial charge is 0.301 e. The van der Waals surface area contributed by atoms with E-state index in [0.29, 0.717) is 123 Å². The topological polar surface area (TPSA) is 264 Å². The maximum absolute atomic E-state index is 14.2. The van der Waals surface area contributed by atoms with Gasteiger partial charge in [0.15, 0.2) is 0 Å². The van der Waals surface area contributed by atoms with Gasteiger partial charge in [0.25, 0.3) is 33.4 Å². The van der Waals surface area contributed by atoms with E-state index in [-0.39, 0.29) is 215 Å². The van der Waals surface area contributed by atoms with Crippen molar-refractivity contribution >= 4 is 69.6 Å². The molecule has 18 rings (SSSR count). The Morgan fingerprint density at radius 2 is 0.496 bits per heavy atom. The SMILES string of the molecule is CCn1c2c(c(=O)n(-c3c[c-]c(Cl)cc3)c1=O)CCCC2.CCn1c2c(c(=O)n(-c3c[c-]c(Cl)cc3F)c1=O)CCCC2.Cn1c2c(c(=O)n(-c3c[c-]c(Cl)cc3)c1=O)CCCC2.Cn1c2c(c(=O)n(-c3c[c-]c(Cl)cc3F)c1=O)CCCC2.O=c1c2c(n(C(F)F)c(=O)n1-c1c[c-]c(Cl)cc1)CCCC2.O=c1c2c(n(C(F)F)c(=O)n1-c1c[c-]c(Cl)cc1F)CCCC2.[W].[W].[W].[W].[W].[W]. The Morgan fingerprint density at radius 1 is 0.281 bits per heavy atom. The second kappa shape index (κ2) is 50.8. The number of hydrogen-bond donors (Lipinski definition) is 0. The second-order valence-corrected chi connectivity index (χ2v) is 33.4. The van der Waals surface area contributed by atoms with Gasteiger partial charge in [-0.3, -0.25) is 65.3 Å². The summed E-state index contributed by atoms with van der Waals surface area (Å²) >= 11 is 34.3. The third-order valence-electron chi connectivity index (χ3n) is 23.4. The van der Waals surface area contributed by atoms with Gasteiger partial charge in [-0.1, -0.05) is 47.2 Å². The predicted octanol–water partition coefficient (Wildman–Crippen LogP) is 14.3. The Kier molecular flexibility index (Phi) is 43.1. The summed E-state index contributed by atoms with van der Waals surface area (Å²) in [7, 11) is 3.34. The van der Waals surface area contributed by atoms with Crippen LogP contribution in [0.3, 0.4) is 0 Å². The molecule has 0 saturated carbocycles. The third kappa shape index (κ3) is 24.5. The zero-order valence-electron chi connectivity index (χ0n) is 72.3. The van der Waals surface area contributed by atoms with Crippen LogP contribution >= 0.6 is 69.6 Å². The molecule has 714 valence electrons. The zero-order chi connectivity index (χ0) is 92.8. The van der Waals surface area contributed by atoms with E-state index in [0.717, 1.165) is 155 Å². The molecule has 0 spiro atoms. The summed E-state index contributed by atoms with van der Waals surface area (Å²) in [4.78, 5) is 150. The van der Waals surface area contributed by atoms with Crippen LogP contribution in [-0.4, -0.2) is 54.8 Å². The van der Waals surface area contributed by atoms with E-state index < -0.39 is 81.2 Å². The number of hydrogen-bond acceptors (Lipinski definition) is 12. The van der Waals surface area contributed by atoms with Crippen LogP contribution in [0.15, 0.2) is 149 Å². The molecule has 0 saturated heterocycles. The van der Waals surface area contributed by atoms with Crippen LogP contribution in [0.2, 0.25) is 30.1 Å². The minimum Gasteiger partial charge on any atom is -0.301 e. The van der Waals surface area contributed by atoms with Crippen molar-refractivity contribution < 1.29 is 157 Å². The third-order valence-corrected chi connectivity index (χ3v) is 24.7. The molecular weight excluding hydrogens is 2910 g/mol. The summed E-state index contributed by atoms with van der Waals surface area (Å²) in [6, 6.07) is 36.4. The molecule has 24 nitrogen and oxygen atoms in total. The number of nitrogens with zero attached hydrogens (tertiary/aromatic N) is 12. The van der Waals surface area contributed by atoms with Crippen LogP contribution in [-0.2, 0) is 231 Å². The van der Waals surface area contributed by atoms with Crippen LogP contribution in [0, 0.1) is 53.8 Å². The van der Waals surface area contributed by atoms with Crippen molar-refractivity contribution in [2.45, 2.75) is 194 Å². The fraction of sp³-hybridized carbons (Fsp3) is 0.348. The standard InChI is InChI=1S/C16H15ClFN2O2.C16H16ClN2O2.C15H11ClF3N2O2.C15H12ClF2N2O2.C15H13ClFN2O2.C15H14ClN2O2.6W/c1-2-19-13-6-4-3-5-11(13)15(21)20(16(19)22)14-8-7-10(17)9-12(14)18;1-2-18-14-6-4-3-5-13(14)15(20)19(16(18)21)12-9-7-11(17)8-10-12;16-8-5-6-12(10(17)7-8)20-13(22)9-3-1-2-4-11(9)21(14(18)19)15(20)23;16-9-5-7-10(8-6-9)19-13(21)11-3-1-2-4-12(11)20(14(17)18)15(19)22;1-18-12-5-3-2-4-10(12)14(20)19(15(18)21)13-7-6-9(16)8-11(13)17;1-17-13-5-3-2-4-12(13)14(19)18(15(17)20)11-8-6-10(16)7-9-11;;;;;;/h8-9H,2-6H2,1H3;7,9-10H,2-6H2,1H3;6-7,14H,1-4H2;5,7-8,14H,1-4H2;7-8H,2-5H2,1H3;6,8-9H,2-5H2,1H3;;;;;;/q6*-1;;;;;;. The molecule has 0 radical (unpaired) electrons. The summed E-state index contributed by atoms with van der Waals surface area (Å²) in [5.41, 5.74) is 0.718. The van der Waals surface area contributed by atoms with Crippen molar-refractivity contribution in [1.82, 2.24) is 54.8 Å². The number of benzene rings is 6. The van der Waals surface area contributed by atoms with Crippen LogP contribution in [0.5, 0.6) is 0 Å². The second-order valence-electron chi connectivity index (χ2n) is 31.0. The van der Waals surface area contributed by atoms with Gasteiger partial charge in [0.05, 0.1) is 0 Å². The van der Waals surface area contributed by atoms with Crippen molar-refractivity contribution in [2.24, 2.45) is 14.1 Å². The number of rotatable bonds is 10. The summed E-state index contributed by atoms with van der Waals surface area (Å²) in [6.45, 7) is -1.31. The molecule has 6 heterocycles. The summed E-state index contributed by atoms with van der Waals surface area (Å²) in [5, 5.41) is 1.37. The molecule has 135 heavy (non-hydrogen) atoms. The minimum atomic E-state index is -3.11. The Hall–Kier alpha value is -7.22. The molecular formula is C92H81Cl6F7N12O12W6-6.